The molecule has 1 N–H and O–H groups in total. The van der Waals surface area contributed by atoms with Crippen molar-refractivity contribution in [3.8, 4) is 0 Å². The maximum Gasteiger partial charge on any atom is 0.266 e. The molecule has 9 heteroatoms. The van der Waals surface area contributed by atoms with Crippen molar-refractivity contribution in [3.05, 3.63) is 94.5 Å². The van der Waals surface area contributed by atoms with E-state index in [2.05, 4.69) is 35.1 Å². The van der Waals surface area contributed by atoms with Gasteiger partial charge in [0.1, 0.15) is 18.2 Å². The molecule has 3 aliphatic rings. The van der Waals surface area contributed by atoms with Gasteiger partial charge in [0, 0.05) is 12.8 Å². The Balaban J connectivity index is 1.55. The summed E-state index contributed by atoms with van der Waals surface area (Å²) in [6, 6.07) is 19.4. The smallest absolute Gasteiger partial charge is 0.266 e. The van der Waals surface area contributed by atoms with Crippen molar-refractivity contribution in [2.24, 2.45) is 0 Å². The van der Waals surface area contributed by atoms with Gasteiger partial charge in [0.2, 0.25) is 11.8 Å². The lowest BCUT2D eigenvalue weighted by Crippen LogP contribution is -2.66. The molecule has 2 saturated heterocycles. The van der Waals surface area contributed by atoms with E-state index in [0.717, 1.165) is 27.8 Å². The highest BCUT2D eigenvalue weighted by molar-refractivity contribution is 9.09. The van der Waals surface area contributed by atoms with Crippen LogP contribution in [0.25, 0.3) is 0 Å². The molecule has 3 aromatic rings. The minimum atomic E-state index is -4.23. The van der Waals surface area contributed by atoms with E-state index in [-0.39, 0.29) is 36.0 Å². The highest BCUT2D eigenvalue weighted by atomic mass is 79.9. The number of carbonyl (C=O) groups is 2. The van der Waals surface area contributed by atoms with Crippen LogP contribution in [-0.4, -0.2) is 43.4 Å². The zero-order valence-electron chi connectivity index (χ0n) is 26.0. The number of rotatable bonds is 7. The first-order valence-corrected chi connectivity index (χ1v) is 17.7. The minimum absolute atomic E-state index is 0.0588. The summed E-state index contributed by atoms with van der Waals surface area (Å²) < 4.78 is 31.1. The van der Waals surface area contributed by atoms with Gasteiger partial charge in [-0.1, -0.05) is 118 Å². The van der Waals surface area contributed by atoms with Crippen molar-refractivity contribution in [1.29, 1.82) is 0 Å². The van der Waals surface area contributed by atoms with Crippen LogP contribution < -0.4 is 9.62 Å². The average Bonchev–Trinajstić information content (AvgIpc) is 3.43. The molecule has 0 spiro atoms. The molecular weight excluding hydrogens is 638 g/mol. The molecular formula is C35H40BrN3O4S. The lowest BCUT2D eigenvalue weighted by atomic mass is 9.89. The molecule has 4 atom stereocenters. The summed E-state index contributed by atoms with van der Waals surface area (Å²) in [5.41, 5.74) is 4.84. The Labute approximate surface area is 269 Å². The lowest BCUT2D eigenvalue weighted by molar-refractivity contribution is -0.148. The van der Waals surface area contributed by atoms with Gasteiger partial charge >= 0.3 is 0 Å². The number of piperazine rings is 1. The van der Waals surface area contributed by atoms with Gasteiger partial charge in [-0.2, -0.15) is 0 Å². The zero-order valence-corrected chi connectivity index (χ0v) is 28.4. The standard InChI is InChI=1S/C35H40BrN3O4S/c1-20(2)24-17-25(21(3)4)31(26(18-24)22(5)6)44(42,43)39-29-15-11-10-14-27(29)35(36)19-30-32(40)37-28(33(41)38(30)34(35)39)16-23-12-8-7-9-13-23/h7-15,17-18,20-22,28,30,34H,16,19H2,1-6H3,(H,37,40)/t28-,30-,34-,35-/m0/s1. The van der Waals surface area contributed by atoms with E-state index < -0.39 is 32.6 Å². The molecule has 0 aromatic heterocycles. The Hall–Kier alpha value is -3.17. The summed E-state index contributed by atoms with van der Waals surface area (Å²) in [7, 11) is -4.23. The number of amides is 2. The molecule has 0 radical (unpaired) electrons. The number of nitrogens with one attached hydrogen (secondary N) is 1. The fourth-order valence-electron chi connectivity index (χ4n) is 7.11. The van der Waals surface area contributed by atoms with Crippen LogP contribution in [0.1, 0.15) is 93.5 Å². The molecule has 3 aromatic carbocycles. The van der Waals surface area contributed by atoms with Gasteiger partial charge in [0.05, 0.1) is 14.9 Å². The van der Waals surface area contributed by atoms with Crippen LogP contribution in [0.5, 0.6) is 0 Å². The fourth-order valence-corrected chi connectivity index (χ4v) is 10.7. The highest BCUT2D eigenvalue weighted by Gasteiger charge is 2.67. The summed E-state index contributed by atoms with van der Waals surface area (Å²) in [6.07, 6.45) is -0.366. The molecule has 7 nitrogen and oxygen atoms in total. The number of nitrogens with zero attached hydrogens (tertiary/aromatic N) is 2. The van der Waals surface area contributed by atoms with Crippen molar-refractivity contribution in [2.45, 2.75) is 99.6 Å². The van der Waals surface area contributed by atoms with E-state index >= 15 is 8.42 Å². The molecule has 6 rings (SSSR count). The van der Waals surface area contributed by atoms with Gasteiger partial charge in [-0.15, -0.1) is 0 Å². The summed E-state index contributed by atoms with van der Waals surface area (Å²) >= 11 is 3.95. The van der Waals surface area contributed by atoms with Crippen molar-refractivity contribution >= 4 is 43.5 Å². The van der Waals surface area contributed by atoms with E-state index in [1.165, 1.54) is 4.31 Å². The Morgan fingerprint density at radius 3 is 2.07 bits per heavy atom. The molecule has 0 unspecified atom stereocenters. The Morgan fingerprint density at radius 1 is 0.886 bits per heavy atom. The van der Waals surface area contributed by atoms with Crippen molar-refractivity contribution in [2.75, 3.05) is 4.31 Å². The maximum atomic E-state index is 15.3. The monoisotopic (exact) mass is 677 g/mol. The summed E-state index contributed by atoms with van der Waals surface area (Å²) in [5.74, 6) is -0.430. The minimum Gasteiger partial charge on any atom is -0.342 e. The number of halogens is 1. The van der Waals surface area contributed by atoms with Crippen molar-refractivity contribution in [3.63, 3.8) is 0 Å². The quantitative estimate of drug-likeness (QED) is 0.289. The van der Waals surface area contributed by atoms with Crippen molar-refractivity contribution in [1.82, 2.24) is 10.2 Å². The molecule has 2 fully saturated rings. The predicted molar refractivity (Wildman–Crippen MR) is 177 cm³/mol. The topological polar surface area (TPSA) is 86.8 Å². The number of para-hydroxylation sites is 1. The van der Waals surface area contributed by atoms with Crippen LogP contribution in [0.4, 0.5) is 5.69 Å². The largest absolute Gasteiger partial charge is 0.342 e. The molecule has 3 aliphatic heterocycles. The second-order valence-electron chi connectivity index (χ2n) is 13.3. The first-order chi connectivity index (χ1) is 20.8. The Morgan fingerprint density at radius 2 is 1.48 bits per heavy atom. The predicted octanol–water partition coefficient (Wildman–Crippen LogP) is 6.52. The third-order valence-electron chi connectivity index (χ3n) is 9.36. The number of fused-ring (bicyclic) bond motifs is 5. The van der Waals surface area contributed by atoms with Crippen LogP contribution in [0.15, 0.2) is 71.6 Å². The van der Waals surface area contributed by atoms with Gasteiger partial charge in [0.15, 0.2) is 0 Å². The molecule has 0 bridgehead atoms. The van der Waals surface area contributed by atoms with Gasteiger partial charge in [0.25, 0.3) is 10.0 Å². The number of benzene rings is 3. The van der Waals surface area contributed by atoms with E-state index in [1.807, 2.05) is 94.4 Å². The summed E-state index contributed by atoms with van der Waals surface area (Å²) in [6.45, 7) is 12.3. The van der Waals surface area contributed by atoms with E-state index in [4.69, 9.17) is 0 Å². The van der Waals surface area contributed by atoms with Crippen LogP contribution >= 0.6 is 15.9 Å². The van der Waals surface area contributed by atoms with Crippen LogP contribution in [0.3, 0.4) is 0 Å². The van der Waals surface area contributed by atoms with Crippen LogP contribution in [-0.2, 0) is 30.4 Å². The normalized spacial score (nSPS) is 24.6. The van der Waals surface area contributed by atoms with Gasteiger partial charge in [-0.25, -0.2) is 12.7 Å². The highest BCUT2D eigenvalue weighted by Crippen LogP contribution is 2.60. The number of anilines is 1. The number of alkyl halides is 1. The third-order valence-corrected chi connectivity index (χ3v) is 12.4. The number of hydrogen-bond acceptors (Lipinski definition) is 4. The second-order valence-corrected chi connectivity index (χ2v) is 16.4. The van der Waals surface area contributed by atoms with Gasteiger partial charge in [-0.3, -0.25) is 9.59 Å². The first kappa shape index (κ1) is 30.8. The third kappa shape index (κ3) is 4.69. The Bertz CT molecular complexity index is 1710. The molecule has 232 valence electrons. The second kappa shape index (κ2) is 11.0. The molecule has 44 heavy (non-hydrogen) atoms. The van der Waals surface area contributed by atoms with Gasteiger partial charge in [-0.05, 0) is 51.6 Å². The first-order valence-electron chi connectivity index (χ1n) is 15.4. The SMILES string of the molecule is CC(C)c1cc(C(C)C)c(S(=O)(=O)N2c3ccccc3[C@@]3(Br)C[C@H]4C(=O)N[C@@H](Cc5ccccc5)C(=O)N4[C@@H]23)c(C(C)C)c1. The van der Waals surface area contributed by atoms with Crippen LogP contribution in [0, 0.1) is 0 Å². The van der Waals surface area contributed by atoms with E-state index in [9.17, 15) is 9.59 Å². The number of sulfonamides is 1. The van der Waals surface area contributed by atoms with Crippen molar-refractivity contribution < 1.29 is 18.0 Å². The van der Waals surface area contributed by atoms with E-state index in [1.54, 1.807) is 4.90 Å². The molecule has 3 heterocycles. The molecule has 0 saturated carbocycles. The van der Waals surface area contributed by atoms with Gasteiger partial charge < -0.3 is 10.2 Å². The fraction of sp³-hybridized carbons (Fsp3) is 0.429. The van der Waals surface area contributed by atoms with Crippen LogP contribution in [0.2, 0.25) is 0 Å². The maximum absolute atomic E-state index is 15.3. The number of hydrogen-bond donors (Lipinski definition) is 1. The van der Waals surface area contributed by atoms with E-state index in [0.29, 0.717) is 17.0 Å². The average molecular weight is 679 g/mol. The summed E-state index contributed by atoms with van der Waals surface area (Å²) in [5, 5.41) is 2.95. The zero-order chi connectivity index (χ0) is 31.7. The number of carbonyl (C=O) groups excluding carboxylic acids is 2. The molecule has 2 amide bonds. The Kier molecular flexibility index (Phi) is 7.72. The summed E-state index contributed by atoms with van der Waals surface area (Å²) in [4.78, 5) is 29.8. The molecule has 0 aliphatic carbocycles. The lowest BCUT2D eigenvalue weighted by Gasteiger charge is -2.41.